The van der Waals surface area contributed by atoms with Gasteiger partial charge in [0.1, 0.15) is 11.5 Å². The van der Waals surface area contributed by atoms with Gasteiger partial charge in [-0.3, -0.25) is 4.90 Å². The third-order valence-electron chi connectivity index (χ3n) is 4.12. The summed E-state index contributed by atoms with van der Waals surface area (Å²) in [4.78, 5) is 2.51. The molecule has 3 rings (SSSR count). The van der Waals surface area contributed by atoms with E-state index >= 15 is 0 Å². The molecule has 1 aromatic heterocycles. The molecule has 1 atom stereocenters. The molecule has 1 aliphatic rings. The van der Waals surface area contributed by atoms with E-state index in [2.05, 4.69) is 70.2 Å². The van der Waals surface area contributed by atoms with Gasteiger partial charge in [0.25, 0.3) is 0 Å². The monoisotopic (exact) mass is 348 g/mol. The van der Waals surface area contributed by atoms with E-state index in [-0.39, 0.29) is 0 Å². The summed E-state index contributed by atoms with van der Waals surface area (Å²) in [7, 11) is 0. The van der Waals surface area contributed by atoms with Gasteiger partial charge in [-0.2, -0.15) is 0 Å². The maximum atomic E-state index is 5.47. The molecule has 0 saturated carbocycles. The predicted octanol–water partition coefficient (Wildman–Crippen LogP) is 4.90. The van der Waals surface area contributed by atoms with Crippen LogP contribution in [0.2, 0.25) is 0 Å². The lowest BCUT2D eigenvalue weighted by Crippen LogP contribution is -2.22. The van der Waals surface area contributed by atoms with Crippen molar-refractivity contribution in [1.29, 1.82) is 0 Å². The molecular weight excluding hydrogens is 328 g/mol. The van der Waals surface area contributed by atoms with Crippen LogP contribution in [-0.4, -0.2) is 16.6 Å². The second-order valence-electron chi connectivity index (χ2n) is 6.06. The van der Waals surface area contributed by atoms with Crippen LogP contribution in [0, 0.1) is 0 Å². The van der Waals surface area contributed by atoms with Gasteiger partial charge in [-0.15, -0.1) is 0 Å². The number of benzene rings is 1. The van der Waals surface area contributed by atoms with Gasteiger partial charge < -0.3 is 4.52 Å². The molecule has 4 heteroatoms. The zero-order chi connectivity index (χ0) is 14.8. The Morgan fingerprint density at radius 3 is 2.76 bits per heavy atom. The summed E-state index contributed by atoms with van der Waals surface area (Å²) in [6.45, 7) is 6.38. The van der Waals surface area contributed by atoms with Crippen LogP contribution < -0.4 is 0 Å². The lowest BCUT2D eigenvalue weighted by atomic mass is 10.1. The van der Waals surface area contributed by atoms with Crippen molar-refractivity contribution >= 4 is 15.9 Å². The van der Waals surface area contributed by atoms with Crippen molar-refractivity contribution in [3.8, 4) is 0 Å². The Bertz CT molecular complexity index is 591. The molecule has 0 bridgehead atoms. The Balaban J connectivity index is 1.74. The lowest BCUT2D eigenvalue weighted by molar-refractivity contribution is 0.236. The zero-order valence-electron chi connectivity index (χ0n) is 12.6. The Hall–Kier alpha value is -1.13. The average molecular weight is 349 g/mol. The molecule has 2 heterocycles. The van der Waals surface area contributed by atoms with Crippen LogP contribution in [0.5, 0.6) is 0 Å². The topological polar surface area (TPSA) is 29.3 Å². The first kappa shape index (κ1) is 14.8. The highest BCUT2D eigenvalue weighted by atomic mass is 79.9. The SMILES string of the molecule is CC(C)c1cc(C2CCCN2Cc2ccc(Br)cc2)no1. The zero-order valence-corrected chi connectivity index (χ0v) is 14.1. The minimum absolute atomic E-state index is 0.393. The number of nitrogens with zero attached hydrogens (tertiary/aromatic N) is 2. The van der Waals surface area contributed by atoms with E-state index < -0.39 is 0 Å². The third-order valence-corrected chi connectivity index (χ3v) is 4.65. The van der Waals surface area contributed by atoms with Crippen LogP contribution in [-0.2, 0) is 6.54 Å². The highest BCUT2D eigenvalue weighted by Gasteiger charge is 2.28. The summed E-state index contributed by atoms with van der Waals surface area (Å²) in [6.07, 6.45) is 2.39. The fraction of sp³-hybridized carbons (Fsp3) is 0.471. The van der Waals surface area contributed by atoms with Crippen molar-refractivity contribution in [3.63, 3.8) is 0 Å². The Morgan fingerprint density at radius 2 is 2.10 bits per heavy atom. The van der Waals surface area contributed by atoms with Gasteiger partial charge in [0, 0.05) is 23.0 Å². The molecule has 0 spiro atoms. The summed E-state index contributed by atoms with van der Waals surface area (Å²) < 4.78 is 6.60. The lowest BCUT2D eigenvalue weighted by Gasteiger charge is -2.22. The maximum absolute atomic E-state index is 5.47. The molecule has 2 aromatic rings. The van der Waals surface area contributed by atoms with E-state index in [0.29, 0.717) is 12.0 Å². The number of rotatable bonds is 4. The van der Waals surface area contributed by atoms with Crippen molar-refractivity contribution in [3.05, 3.63) is 51.8 Å². The fourth-order valence-electron chi connectivity index (χ4n) is 2.91. The predicted molar refractivity (Wildman–Crippen MR) is 87.1 cm³/mol. The number of halogens is 1. The molecule has 1 fully saturated rings. The van der Waals surface area contributed by atoms with E-state index in [1.54, 1.807) is 0 Å². The first-order valence-electron chi connectivity index (χ1n) is 7.58. The summed E-state index contributed by atoms with van der Waals surface area (Å²) in [5, 5.41) is 4.30. The molecule has 1 saturated heterocycles. The number of likely N-dealkylation sites (tertiary alicyclic amines) is 1. The van der Waals surface area contributed by atoms with Crippen molar-refractivity contribution in [2.45, 2.75) is 45.2 Å². The van der Waals surface area contributed by atoms with Gasteiger partial charge in [0.2, 0.25) is 0 Å². The second-order valence-corrected chi connectivity index (χ2v) is 6.98. The Labute approximate surface area is 134 Å². The highest BCUT2D eigenvalue weighted by Crippen LogP contribution is 2.33. The van der Waals surface area contributed by atoms with Gasteiger partial charge in [-0.05, 0) is 37.1 Å². The molecule has 0 aliphatic carbocycles. The van der Waals surface area contributed by atoms with Crippen LogP contribution in [0.4, 0.5) is 0 Å². The largest absolute Gasteiger partial charge is 0.361 e. The van der Waals surface area contributed by atoms with E-state index in [9.17, 15) is 0 Å². The molecule has 1 aromatic carbocycles. The van der Waals surface area contributed by atoms with Gasteiger partial charge in [0.15, 0.2) is 0 Å². The normalized spacial score (nSPS) is 19.5. The highest BCUT2D eigenvalue weighted by molar-refractivity contribution is 9.10. The molecule has 112 valence electrons. The quantitative estimate of drug-likeness (QED) is 0.786. The van der Waals surface area contributed by atoms with Gasteiger partial charge >= 0.3 is 0 Å². The van der Waals surface area contributed by atoms with Crippen molar-refractivity contribution in [1.82, 2.24) is 10.1 Å². The van der Waals surface area contributed by atoms with E-state index in [1.807, 2.05) is 0 Å². The molecule has 1 unspecified atom stereocenters. The van der Waals surface area contributed by atoms with Gasteiger partial charge in [0.05, 0.1) is 6.04 Å². The first-order chi connectivity index (χ1) is 10.1. The molecule has 0 radical (unpaired) electrons. The third kappa shape index (κ3) is 3.38. The van der Waals surface area contributed by atoms with Crippen LogP contribution in [0.3, 0.4) is 0 Å². The number of hydrogen-bond donors (Lipinski definition) is 0. The molecule has 0 N–H and O–H groups in total. The van der Waals surface area contributed by atoms with E-state index in [4.69, 9.17) is 4.52 Å². The first-order valence-corrected chi connectivity index (χ1v) is 8.38. The summed E-state index contributed by atoms with van der Waals surface area (Å²) >= 11 is 3.49. The molecular formula is C17H21BrN2O. The van der Waals surface area contributed by atoms with Crippen molar-refractivity contribution in [2.75, 3.05) is 6.54 Å². The summed E-state index contributed by atoms with van der Waals surface area (Å²) in [6, 6.07) is 11.1. The smallest absolute Gasteiger partial charge is 0.139 e. The molecule has 3 nitrogen and oxygen atoms in total. The average Bonchev–Trinajstić information content (AvgIpc) is 3.09. The minimum atomic E-state index is 0.393. The van der Waals surface area contributed by atoms with Crippen molar-refractivity contribution < 1.29 is 4.52 Å². The van der Waals surface area contributed by atoms with Crippen molar-refractivity contribution in [2.24, 2.45) is 0 Å². The number of aromatic nitrogens is 1. The van der Waals surface area contributed by atoms with Crippen LogP contribution in [0.1, 0.15) is 55.7 Å². The minimum Gasteiger partial charge on any atom is -0.361 e. The molecule has 1 aliphatic heterocycles. The van der Waals surface area contributed by atoms with Crippen LogP contribution in [0.25, 0.3) is 0 Å². The van der Waals surface area contributed by atoms with E-state index in [0.717, 1.165) is 29.0 Å². The summed E-state index contributed by atoms with van der Waals surface area (Å²) in [5.41, 5.74) is 2.44. The van der Waals surface area contributed by atoms with Gasteiger partial charge in [-0.1, -0.05) is 47.1 Å². The Kier molecular flexibility index (Phi) is 4.45. The van der Waals surface area contributed by atoms with Crippen LogP contribution in [0.15, 0.2) is 39.3 Å². The standard InChI is InChI=1S/C17H21BrN2O/c1-12(2)17-10-15(19-21-17)16-4-3-9-20(16)11-13-5-7-14(18)8-6-13/h5-8,10,12,16H,3-4,9,11H2,1-2H3. The van der Waals surface area contributed by atoms with Gasteiger partial charge in [-0.25, -0.2) is 0 Å². The fourth-order valence-corrected chi connectivity index (χ4v) is 3.17. The van der Waals surface area contributed by atoms with Crippen LogP contribution >= 0.6 is 15.9 Å². The van der Waals surface area contributed by atoms with E-state index in [1.165, 1.54) is 18.4 Å². The molecule has 0 amide bonds. The molecule has 21 heavy (non-hydrogen) atoms. The Morgan fingerprint density at radius 1 is 1.33 bits per heavy atom. The maximum Gasteiger partial charge on any atom is 0.139 e. The number of hydrogen-bond acceptors (Lipinski definition) is 3. The second kappa shape index (κ2) is 6.32. The summed E-state index contributed by atoms with van der Waals surface area (Å²) in [5.74, 6) is 1.38.